The summed E-state index contributed by atoms with van der Waals surface area (Å²) in [7, 11) is 0. The second kappa shape index (κ2) is 21.0. The van der Waals surface area contributed by atoms with E-state index < -0.39 is 11.9 Å². The summed E-state index contributed by atoms with van der Waals surface area (Å²) in [5.41, 5.74) is 3.82. The van der Waals surface area contributed by atoms with Gasteiger partial charge in [0, 0.05) is 0 Å². The van der Waals surface area contributed by atoms with E-state index in [0.717, 1.165) is 36.2 Å². The van der Waals surface area contributed by atoms with Gasteiger partial charge in [-0.1, -0.05) is 114 Å². The first kappa shape index (κ1) is 34.4. The monoisotopic (exact) mass is 572 g/mol. The Morgan fingerprint density at radius 2 is 0.976 bits per heavy atom. The Morgan fingerprint density at radius 1 is 0.524 bits per heavy atom. The van der Waals surface area contributed by atoms with Crippen molar-refractivity contribution in [1.82, 2.24) is 0 Å². The number of nitrogens with zero attached hydrogens (tertiary/aromatic N) is 2. The number of aryl methyl sites for hydroxylation is 2. The molecule has 0 atom stereocenters. The molecule has 0 amide bonds. The Balaban J connectivity index is 0.000000295. The van der Waals surface area contributed by atoms with Gasteiger partial charge in [-0.05, 0) is 73.2 Å². The van der Waals surface area contributed by atoms with E-state index >= 15 is 0 Å². The average molecular weight is 573 g/mol. The molecule has 0 saturated carbocycles. The van der Waals surface area contributed by atoms with E-state index in [9.17, 15) is 9.59 Å². The molecule has 3 aromatic carbocycles. The highest BCUT2D eigenvalue weighted by atomic mass is 16.4. The van der Waals surface area contributed by atoms with Crippen LogP contribution in [0.1, 0.15) is 123 Å². The quantitative estimate of drug-likeness (QED) is 0.117. The first-order chi connectivity index (χ1) is 20.4. The minimum atomic E-state index is -1.20. The fourth-order valence-corrected chi connectivity index (χ4v) is 4.67. The van der Waals surface area contributed by atoms with Gasteiger partial charge < -0.3 is 10.2 Å². The van der Waals surface area contributed by atoms with E-state index in [1.54, 1.807) is 6.07 Å². The Labute approximate surface area is 251 Å². The maximum absolute atomic E-state index is 11.1. The Hall–Kier alpha value is -3.80. The van der Waals surface area contributed by atoms with Gasteiger partial charge in [-0.2, -0.15) is 10.2 Å². The zero-order valence-corrected chi connectivity index (χ0v) is 25.4. The number of azo groups is 1. The largest absolute Gasteiger partial charge is 0.478 e. The highest BCUT2D eigenvalue weighted by Crippen LogP contribution is 2.20. The first-order valence-corrected chi connectivity index (χ1v) is 15.6. The molecule has 0 aliphatic heterocycles. The van der Waals surface area contributed by atoms with Crippen molar-refractivity contribution in [2.24, 2.45) is 10.2 Å². The van der Waals surface area contributed by atoms with Crippen molar-refractivity contribution < 1.29 is 19.8 Å². The summed E-state index contributed by atoms with van der Waals surface area (Å²) in [6, 6.07) is 22.9. The van der Waals surface area contributed by atoms with Crippen molar-refractivity contribution in [1.29, 1.82) is 0 Å². The molecule has 0 saturated heterocycles. The van der Waals surface area contributed by atoms with Crippen LogP contribution in [0.4, 0.5) is 11.4 Å². The van der Waals surface area contributed by atoms with E-state index in [1.807, 2.05) is 30.3 Å². The number of carbonyl (C=O) groups is 2. The number of carboxylic acid groups (broad SMARTS) is 2. The lowest BCUT2D eigenvalue weighted by atomic mass is 9.99. The van der Waals surface area contributed by atoms with Gasteiger partial charge in [0.25, 0.3) is 0 Å². The fraction of sp³-hybridized carbons (Fsp3) is 0.444. The molecule has 6 heteroatoms. The normalized spacial score (nSPS) is 10.8. The minimum Gasteiger partial charge on any atom is -0.478 e. The molecule has 0 bridgehead atoms. The zero-order valence-electron chi connectivity index (χ0n) is 25.4. The van der Waals surface area contributed by atoms with Crippen molar-refractivity contribution in [2.75, 3.05) is 0 Å². The van der Waals surface area contributed by atoms with E-state index in [0.29, 0.717) is 0 Å². The number of hydrogen-bond acceptors (Lipinski definition) is 4. The van der Waals surface area contributed by atoms with E-state index in [-0.39, 0.29) is 11.1 Å². The summed E-state index contributed by atoms with van der Waals surface area (Å²) in [6.45, 7) is 4.44. The molecule has 6 nitrogen and oxygen atoms in total. The topological polar surface area (TPSA) is 99.3 Å². The second-order valence-corrected chi connectivity index (χ2v) is 10.7. The van der Waals surface area contributed by atoms with Crippen molar-refractivity contribution in [3.05, 3.63) is 95.1 Å². The molecule has 0 fully saturated rings. The molecule has 0 unspecified atom stereocenters. The van der Waals surface area contributed by atoms with Crippen LogP contribution in [0.5, 0.6) is 0 Å². The van der Waals surface area contributed by atoms with Crippen LogP contribution in [0.2, 0.25) is 0 Å². The lowest BCUT2D eigenvalue weighted by molar-refractivity contribution is 0.0651. The molecule has 0 aromatic heterocycles. The van der Waals surface area contributed by atoms with Crippen LogP contribution in [0.15, 0.2) is 83.0 Å². The Kier molecular flexibility index (Phi) is 17.2. The number of hydrogen-bond donors (Lipinski definition) is 2. The Bertz CT molecular complexity index is 1210. The molecule has 226 valence electrons. The van der Waals surface area contributed by atoms with Gasteiger partial charge in [-0.15, -0.1) is 0 Å². The third-order valence-electron chi connectivity index (χ3n) is 7.16. The molecular weight excluding hydrogens is 524 g/mol. The van der Waals surface area contributed by atoms with Gasteiger partial charge in [0.15, 0.2) is 0 Å². The smallest absolute Gasteiger partial charge is 0.336 e. The van der Waals surface area contributed by atoms with Crippen LogP contribution in [0, 0.1) is 0 Å². The molecule has 0 heterocycles. The summed E-state index contributed by atoms with van der Waals surface area (Å²) in [4.78, 5) is 22.0. The molecule has 0 aliphatic carbocycles. The third-order valence-corrected chi connectivity index (χ3v) is 7.16. The van der Waals surface area contributed by atoms with Crippen LogP contribution < -0.4 is 0 Å². The fourth-order valence-electron chi connectivity index (χ4n) is 4.67. The second-order valence-electron chi connectivity index (χ2n) is 10.7. The third kappa shape index (κ3) is 14.2. The number of benzene rings is 3. The first-order valence-electron chi connectivity index (χ1n) is 15.6. The molecule has 42 heavy (non-hydrogen) atoms. The van der Waals surface area contributed by atoms with Crippen molar-refractivity contribution in [2.45, 2.75) is 104 Å². The predicted octanol–water partition coefficient (Wildman–Crippen LogP) is 11.0. The highest BCUT2D eigenvalue weighted by molar-refractivity contribution is 6.01. The van der Waals surface area contributed by atoms with Gasteiger partial charge in [0.1, 0.15) is 0 Å². The van der Waals surface area contributed by atoms with Crippen LogP contribution in [-0.2, 0) is 12.8 Å². The molecule has 0 aliphatic rings. The minimum absolute atomic E-state index is 0.124. The lowest BCUT2D eigenvalue weighted by Gasteiger charge is -2.06. The molecular formula is C36H48N2O4. The van der Waals surface area contributed by atoms with Crippen molar-refractivity contribution >= 4 is 23.3 Å². The van der Waals surface area contributed by atoms with Gasteiger partial charge in [0.05, 0.1) is 22.5 Å². The van der Waals surface area contributed by atoms with Crippen LogP contribution in [-0.4, -0.2) is 22.2 Å². The Morgan fingerprint density at radius 3 is 1.50 bits per heavy atom. The van der Waals surface area contributed by atoms with Crippen LogP contribution in [0.3, 0.4) is 0 Å². The number of carboxylic acids is 2. The van der Waals surface area contributed by atoms with Crippen molar-refractivity contribution in [3.8, 4) is 0 Å². The van der Waals surface area contributed by atoms with Gasteiger partial charge in [0.2, 0.25) is 0 Å². The van der Waals surface area contributed by atoms with Crippen molar-refractivity contribution in [3.63, 3.8) is 0 Å². The van der Waals surface area contributed by atoms with E-state index in [1.165, 1.54) is 88.3 Å². The number of rotatable bonds is 18. The van der Waals surface area contributed by atoms with Gasteiger partial charge in [-0.3, -0.25) is 0 Å². The number of unbranched alkanes of at least 4 members (excludes halogenated alkanes) is 10. The predicted molar refractivity (Wildman–Crippen MR) is 172 cm³/mol. The van der Waals surface area contributed by atoms with Gasteiger partial charge in [-0.25, -0.2) is 9.59 Å². The highest BCUT2D eigenvalue weighted by Gasteiger charge is 2.16. The summed E-state index contributed by atoms with van der Waals surface area (Å²) in [6.07, 6.45) is 17.1. The average Bonchev–Trinajstić information content (AvgIpc) is 3.01. The summed E-state index contributed by atoms with van der Waals surface area (Å²) in [5.74, 6) is -2.39. The molecule has 0 spiro atoms. The summed E-state index contributed by atoms with van der Waals surface area (Å²) >= 11 is 0. The van der Waals surface area contributed by atoms with Gasteiger partial charge >= 0.3 is 11.9 Å². The molecule has 3 rings (SSSR count). The maximum atomic E-state index is 11.1. The zero-order chi connectivity index (χ0) is 30.4. The maximum Gasteiger partial charge on any atom is 0.336 e. The molecule has 3 aromatic rings. The van der Waals surface area contributed by atoms with E-state index in [2.05, 4.69) is 48.3 Å². The molecule has 2 N–H and O–H groups in total. The number of aromatic carboxylic acids is 2. The SMILES string of the molecule is CCCCCCCCc1ccc(C(=O)O)c(C(=O)O)c1.CCCCCCCCc1ccc(N=Nc2ccccc2)cc1. The summed E-state index contributed by atoms with van der Waals surface area (Å²) < 4.78 is 0. The lowest BCUT2D eigenvalue weighted by Crippen LogP contribution is -2.08. The standard InChI is InChI=1S/C20H26N2.C16H22O4/c1-2-3-4-5-6-8-11-18-14-16-20(17-15-18)22-21-19-12-9-7-10-13-19;1-2-3-4-5-6-7-8-12-9-10-13(15(17)18)14(11-12)16(19)20/h7,9-10,12-17H,2-6,8,11H2,1H3;9-11H,2-8H2,1H3,(H,17,18)(H,19,20). The van der Waals surface area contributed by atoms with Crippen LogP contribution >= 0.6 is 0 Å². The molecule has 0 radical (unpaired) electrons. The van der Waals surface area contributed by atoms with Crippen LogP contribution in [0.25, 0.3) is 0 Å². The summed E-state index contributed by atoms with van der Waals surface area (Å²) in [5, 5.41) is 26.5. The van der Waals surface area contributed by atoms with E-state index in [4.69, 9.17) is 10.2 Å².